The Balaban J connectivity index is 1.39. The van der Waals surface area contributed by atoms with E-state index in [-0.39, 0.29) is 21.5 Å². The van der Waals surface area contributed by atoms with Gasteiger partial charge in [-0.05, 0) is 103 Å². The fourth-order valence-electron chi connectivity index (χ4n) is 6.74. The van der Waals surface area contributed by atoms with Gasteiger partial charge < -0.3 is 4.43 Å². The first kappa shape index (κ1) is 24.9. The van der Waals surface area contributed by atoms with Gasteiger partial charge in [0.25, 0.3) is 0 Å². The molecule has 188 valence electrons. The van der Waals surface area contributed by atoms with Gasteiger partial charge in [-0.3, -0.25) is 9.00 Å². The van der Waals surface area contributed by atoms with Crippen molar-refractivity contribution in [1.82, 2.24) is 0 Å². The molecule has 35 heavy (non-hydrogen) atoms. The first-order valence-electron chi connectivity index (χ1n) is 13.2. The number of hydrogen-bond donors (Lipinski definition) is 0. The van der Waals surface area contributed by atoms with Crippen LogP contribution in [-0.4, -0.2) is 23.6 Å². The molecule has 0 heterocycles. The van der Waals surface area contributed by atoms with Crippen molar-refractivity contribution in [2.45, 2.75) is 94.0 Å². The van der Waals surface area contributed by atoms with Crippen LogP contribution >= 0.6 is 0 Å². The number of Topliss-reactive ketones (excluding diaryl/α,β-unsaturated/α-hetero) is 1. The molecule has 2 fully saturated rings. The molecule has 0 aromatic heterocycles. The van der Waals surface area contributed by atoms with Crippen LogP contribution in [0.1, 0.15) is 70.4 Å². The molecule has 3 aliphatic carbocycles. The Kier molecular flexibility index (Phi) is 6.19. The Morgan fingerprint density at radius 2 is 1.77 bits per heavy atom. The van der Waals surface area contributed by atoms with Crippen molar-refractivity contribution in [2.75, 3.05) is 0 Å². The van der Waals surface area contributed by atoms with Gasteiger partial charge in [-0.15, -0.1) is 0 Å². The maximum Gasteiger partial charge on any atom is 0.250 e. The van der Waals surface area contributed by atoms with Crippen molar-refractivity contribution < 1.29 is 13.4 Å². The lowest BCUT2D eigenvalue weighted by Gasteiger charge is -2.48. The van der Waals surface area contributed by atoms with Gasteiger partial charge in [0.1, 0.15) is 5.75 Å². The minimum Gasteiger partial charge on any atom is -0.543 e. The summed E-state index contributed by atoms with van der Waals surface area (Å²) >= 11 is 0. The summed E-state index contributed by atoms with van der Waals surface area (Å²) in [6.45, 7) is 13.6. The molecular weight excluding hydrogens is 468 g/mol. The van der Waals surface area contributed by atoms with E-state index in [0.717, 1.165) is 42.7 Å². The molecule has 3 nitrogen and oxygen atoms in total. The molecule has 2 aromatic rings. The van der Waals surface area contributed by atoms with Crippen LogP contribution in [0.15, 0.2) is 53.4 Å². The molecule has 5 rings (SSSR count). The van der Waals surface area contributed by atoms with Crippen molar-refractivity contribution >= 4 is 24.9 Å². The average Bonchev–Trinajstić information content (AvgIpc) is 3.08. The first-order chi connectivity index (χ1) is 16.4. The van der Waals surface area contributed by atoms with Gasteiger partial charge in [0, 0.05) is 10.3 Å². The van der Waals surface area contributed by atoms with Gasteiger partial charge in [0.05, 0.1) is 16.0 Å². The average molecular weight is 509 g/mol. The Morgan fingerprint density at radius 1 is 1.06 bits per heavy atom. The predicted octanol–water partition coefficient (Wildman–Crippen LogP) is 7.28. The zero-order valence-corrected chi connectivity index (χ0v) is 23.9. The van der Waals surface area contributed by atoms with Crippen LogP contribution in [-0.2, 0) is 22.0 Å². The molecule has 0 aliphatic heterocycles. The molecule has 0 spiro atoms. The van der Waals surface area contributed by atoms with Gasteiger partial charge in [0.2, 0.25) is 8.32 Å². The minimum atomic E-state index is -1.87. The van der Waals surface area contributed by atoms with E-state index in [1.165, 1.54) is 11.1 Å². The Labute approximate surface area is 214 Å². The van der Waals surface area contributed by atoms with Crippen LogP contribution in [0.4, 0.5) is 0 Å². The van der Waals surface area contributed by atoms with Gasteiger partial charge >= 0.3 is 0 Å². The van der Waals surface area contributed by atoms with Crippen molar-refractivity contribution in [1.29, 1.82) is 0 Å². The SMILES string of the molecule is CC(C)(C)[Si](C)(C)Oc1ccc2c(c1)CCC1C2CC[C@]2(C)C(=O)C(S(=O)c3ccccc3)CC12. The highest BCUT2D eigenvalue weighted by Gasteiger charge is 2.59. The molecule has 0 radical (unpaired) electrons. The molecule has 5 heteroatoms. The first-order valence-corrected chi connectivity index (χ1v) is 17.4. The number of fused-ring (bicyclic) bond motifs is 5. The fraction of sp³-hybridized carbons (Fsp3) is 0.567. The largest absolute Gasteiger partial charge is 0.543 e. The smallest absolute Gasteiger partial charge is 0.250 e. The maximum atomic E-state index is 13.6. The number of benzene rings is 2. The van der Waals surface area contributed by atoms with E-state index in [0.29, 0.717) is 17.8 Å². The van der Waals surface area contributed by atoms with E-state index in [9.17, 15) is 9.00 Å². The molecule has 0 amide bonds. The van der Waals surface area contributed by atoms with Crippen LogP contribution in [0.25, 0.3) is 0 Å². The summed E-state index contributed by atoms with van der Waals surface area (Å²) in [5.74, 6) is 2.57. The second-order valence-corrected chi connectivity index (χ2v) is 19.2. The summed E-state index contributed by atoms with van der Waals surface area (Å²) in [5.41, 5.74) is 2.56. The van der Waals surface area contributed by atoms with Crippen molar-refractivity contribution in [3.63, 3.8) is 0 Å². The number of ketones is 1. The molecule has 3 aliphatic rings. The van der Waals surface area contributed by atoms with Gasteiger partial charge in [-0.1, -0.05) is 52.0 Å². The number of carbonyl (C=O) groups is 1. The zero-order valence-electron chi connectivity index (χ0n) is 22.1. The lowest BCUT2D eigenvalue weighted by molar-refractivity contribution is -0.129. The van der Waals surface area contributed by atoms with E-state index in [4.69, 9.17) is 4.43 Å². The standard InChI is InChI=1S/C30H40O3SSi/c1-29(2,3)35(5,6)33-21-13-15-23-20(18-21)12-14-25-24(23)16-17-30(4)26(25)19-27(28(30)31)34(32)22-10-8-7-9-11-22/h7-11,13,15,18,24-27H,12,14,16-17,19H2,1-6H3/t24?,25?,26?,27?,30-,34?/m0/s1. The second kappa shape index (κ2) is 8.69. The van der Waals surface area contributed by atoms with E-state index < -0.39 is 19.1 Å². The molecule has 2 aromatic carbocycles. The van der Waals surface area contributed by atoms with Crippen LogP contribution in [0, 0.1) is 17.3 Å². The highest BCUT2D eigenvalue weighted by atomic mass is 32.2. The van der Waals surface area contributed by atoms with Gasteiger partial charge in [-0.2, -0.15) is 0 Å². The molecule has 6 atom stereocenters. The fourth-order valence-corrected chi connectivity index (χ4v) is 9.36. The molecule has 2 saturated carbocycles. The number of carbonyl (C=O) groups excluding carboxylic acids is 1. The third kappa shape index (κ3) is 4.17. The lowest BCUT2D eigenvalue weighted by atomic mass is 9.55. The quantitative estimate of drug-likeness (QED) is 0.408. The van der Waals surface area contributed by atoms with Crippen molar-refractivity contribution in [3.8, 4) is 5.75 Å². The summed E-state index contributed by atoms with van der Waals surface area (Å²) in [7, 11) is -3.15. The molecule has 5 unspecified atom stereocenters. The van der Waals surface area contributed by atoms with E-state index in [2.05, 4.69) is 59.0 Å². The minimum absolute atomic E-state index is 0.174. The maximum absolute atomic E-state index is 13.6. The third-order valence-corrected chi connectivity index (χ3v) is 15.8. The second-order valence-electron chi connectivity index (χ2n) is 12.8. The third-order valence-electron chi connectivity index (χ3n) is 9.82. The molecular formula is C30H40O3SSi. The van der Waals surface area contributed by atoms with Crippen molar-refractivity contribution in [3.05, 3.63) is 59.7 Å². The van der Waals surface area contributed by atoms with Crippen molar-refractivity contribution in [2.24, 2.45) is 17.3 Å². The van der Waals surface area contributed by atoms with E-state index >= 15 is 0 Å². The summed E-state index contributed by atoms with van der Waals surface area (Å²) in [6, 6.07) is 16.4. The van der Waals surface area contributed by atoms with Gasteiger partial charge in [-0.25, -0.2) is 0 Å². The van der Waals surface area contributed by atoms with Gasteiger partial charge in [0.15, 0.2) is 5.78 Å². The highest BCUT2D eigenvalue weighted by molar-refractivity contribution is 7.86. The molecule has 0 N–H and O–H groups in total. The number of hydrogen-bond acceptors (Lipinski definition) is 3. The monoisotopic (exact) mass is 508 g/mol. The highest BCUT2D eigenvalue weighted by Crippen LogP contribution is 2.60. The normalized spacial score (nSPS) is 31.3. The number of aryl methyl sites for hydroxylation is 1. The van der Waals surface area contributed by atoms with Crippen LogP contribution in [0.3, 0.4) is 0 Å². The predicted molar refractivity (Wildman–Crippen MR) is 146 cm³/mol. The van der Waals surface area contributed by atoms with E-state index in [1.54, 1.807) is 0 Å². The number of rotatable bonds is 4. The summed E-state index contributed by atoms with van der Waals surface area (Å²) in [4.78, 5) is 14.4. The Hall–Kier alpha value is -1.72. The molecule has 0 bridgehead atoms. The van der Waals surface area contributed by atoms with Crippen LogP contribution < -0.4 is 4.43 Å². The Bertz CT molecular complexity index is 1150. The Morgan fingerprint density at radius 3 is 2.46 bits per heavy atom. The molecule has 0 saturated heterocycles. The summed E-state index contributed by atoms with van der Waals surface area (Å²) < 4.78 is 20.0. The topological polar surface area (TPSA) is 43.4 Å². The lowest BCUT2D eigenvalue weighted by Crippen LogP contribution is -2.44. The zero-order chi connectivity index (χ0) is 25.2. The van der Waals surface area contributed by atoms with Crippen LogP contribution in [0.5, 0.6) is 5.75 Å². The van der Waals surface area contributed by atoms with Crippen LogP contribution in [0.2, 0.25) is 18.1 Å². The summed E-state index contributed by atoms with van der Waals surface area (Å²) in [5, 5.41) is -0.194. The summed E-state index contributed by atoms with van der Waals surface area (Å²) in [6.07, 6.45) is 4.86. The van der Waals surface area contributed by atoms with E-state index in [1.807, 2.05) is 30.3 Å².